The van der Waals surface area contributed by atoms with E-state index in [4.69, 9.17) is 27.7 Å². The number of hydrazine groups is 1. The molecule has 0 aliphatic carbocycles. The Morgan fingerprint density at radius 2 is 2.13 bits per heavy atom. The predicted molar refractivity (Wildman–Crippen MR) is 56.4 cm³/mol. The molecule has 84 valence electrons. The summed E-state index contributed by atoms with van der Waals surface area (Å²) >= 11 is 5.79. The molecular weight excluding hydrogens is 222 g/mol. The van der Waals surface area contributed by atoms with E-state index >= 15 is 0 Å². The van der Waals surface area contributed by atoms with Gasteiger partial charge in [-0.05, 0) is 0 Å². The predicted octanol–water partition coefficient (Wildman–Crippen LogP) is -0.819. The number of nitrogens with two attached hydrogens (primary N) is 1. The number of aromatic nitrogens is 2. The summed E-state index contributed by atoms with van der Waals surface area (Å²) in [4.78, 5) is 7.69. The zero-order chi connectivity index (χ0) is 11.3. The third kappa shape index (κ3) is 3.17. The molecule has 1 aromatic rings. The van der Waals surface area contributed by atoms with Gasteiger partial charge < -0.3 is 15.5 Å². The van der Waals surface area contributed by atoms with Gasteiger partial charge in [0.1, 0.15) is 5.02 Å². The van der Waals surface area contributed by atoms with E-state index in [1.807, 2.05) is 0 Å². The van der Waals surface area contributed by atoms with Gasteiger partial charge in [0.25, 0.3) is 0 Å². The van der Waals surface area contributed by atoms with Crippen LogP contribution in [0.2, 0.25) is 5.02 Å². The molecule has 0 unspecified atom stereocenters. The van der Waals surface area contributed by atoms with Crippen LogP contribution in [-0.2, 0) is 0 Å². The molecule has 0 bridgehead atoms. The zero-order valence-electron chi connectivity index (χ0n) is 7.81. The summed E-state index contributed by atoms with van der Waals surface area (Å²) in [5.74, 6) is 5.61. The number of aliphatic hydroxyl groups is 2. The van der Waals surface area contributed by atoms with Crippen LogP contribution in [0, 0.1) is 0 Å². The van der Waals surface area contributed by atoms with E-state index in [0.29, 0.717) is 5.82 Å². The fraction of sp³-hybridized carbons (Fsp3) is 0.429. The Morgan fingerprint density at radius 1 is 1.47 bits per heavy atom. The summed E-state index contributed by atoms with van der Waals surface area (Å²) in [5.41, 5.74) is 2.26. The zero-order valence-corrected chi connectivity index (χ0v) is 8.57. The molecule has 0 amide bonds. The van der Waals surface area contributed by atoms with Gasteiger partial charge in [0.2, 0.25) is 5.95 Å². The van der Waals surface area contributed by atoms with E-state index in [1.165, 1.54) is 6.20 Å². The molecule has 1 aromatic heterocycles. The van der Waals surface area contributed by atoms with Gasteiger partial charge in [-0.25, -0.2) is 10.8 Å². The summed E-state index contributed by atoms with van der Waals surface area (Å²) in [6.45, 7) is -0.468. The van der Waals surface area contributed by atoms with Crippen molar-refractivity contribution in [2.75, 3.05) is 24.0 Å². The van der Waals surface area contributed by atoms with Crippen LogP contribution in [0.25, 0.3) is 0 Å². The average Bonchev–Trinajstić information content (AvgIpc) is 2.28. The molecule has 0 fully saturated rings. The highest BCUT2D eigenvalue weighted by molar-refractivity contribution is 6.32. The minimum atomic E-state index is -0.525. The minimum absolute atomic E-state index is 0.191. The number of nitrogens with one attached hydrogen (secondary N) is 2. The smallest absolute Gasteiger partial charge is 0.239 e. The SMILES string of the molecule is NNc1ncc(Cl)c(NC(CO)CO)n1. The molecule has 0 aromatic carbocycles. The van der Waals surface area contributed by atoms with Crippen molar-refractivity contribution in [2.45, 2.75) is 6.04 Å². The Morgan fingerprint density at radius 3 is 2.67 bits per heavy atom. The van der Waals surface area contributed by atoms with Crippen LogP contribution in [0.5, 0.6) is 0 Å². The number of nitrogen functional groups attached to an aromatic ring is 1. The second-order valence-corrected chi connectivity index (χ2v) is 3.15. The quantitative estimate of drug-likeness (QED) is 0.333. The minimum Gasteiger partial charge on any atom is -0.394 e. The first-order chi connectivity index (χ1) is 7.21. The molecule has 6 N–H and O–H groups in total. The van der Waals surface area contributed by atoms with Crippen LogP contribution in [0.4, 0.5) is 11.8 Å². The first-order valence-electron chi connectivity index (χ1n) is 4.18. The molecule has 0 aliphatic heterocycles. The third-order valence-electron chi connectivity index (χ3n) is 1.65. The molecule has 0 aliphatic rings. The highest BCUT2D eigenvalue weighted by Gasteiger charge is 2.10. The van der Waals surface area contributed by atoms with E-state index in [-0.39, 0.29) is 24.2 Å². The first-order valence-corrected chi connectivity index (χ1v) is 4.56. The van der Waals surface area contributed by atoms with E-state index < -0.39 is 6.04 Å². The largest absolute Gasteiger partial charge is 0.394 e. The molecule has 15 heavy (non-hydrogen) atoms. The molecule has 7 nitrogen and oxygen atoms in total. The molecule has 1 rings (SSSR count). The molecular formula is C7H12ClN5O2. The van der Waals surface area contributed by atoms with Gasteiger partial charge >= 0.3 is 0 Å². The van der Waals surface area contributed by atoms with E-state index in [1.54, 1.807) is 0 Å². The molecule has 0 radical (unpaired) electrons. The molecule has 8 heteroatoms. The Balaban J connectivity index is 2.82. The van der Waals surface area contributed by atoms with Gasteiger partial charge in [-0.1, -0.05) is 11.6 Å². The maximum absolute atomic E-state index is 8.86. The van der Waals surface area contributed by atoms with Gasteiger partial charge in [0.15, 0.2) is 5.82 Å². The highest BCUT2D eigenvalue weighted by atomic mass is 35.5. The number of hydrogen-bond donors (Lipinski definition) is 5. The van der Waals surface area contributed by atoms with Crippen molar-refractivity contribution < 1.29 is 10.2 Å². The summed E-state index contributed by atoms with van der Waals surface area (Å²) in [5, 5.41) is 20.7. The molecule has 0 atom stereocenters. The molecule has 1 heterocycles. The summed E-state index contributed by atoms with van der Waals surface area (Å²) < 4.78 is 0. The number of halogens is 1. The number of rotatable bonds is 5. The fourth-order valence-corrected chi connectivity index (χ4v) is 1.03. The Hall–Kier alpha value is -1.15. The standard InChI is InChI=1S/C7H12ClN5O2/c8-5-1-10-7(13-9)12-6(5)11-4(2-14)3-15/h1,4,14-15H,2-3,9H2,(H2,10,11,12,13). The lowest BCUT2D eigenvalue weighted by Crippen LogP contribution is -2.28. The lowest BCUT2D eigenvalue weighted by molar-refractivity contribution is 0.203. The number of anilines is 2. The van der Waals surface area contributed by atoms with Crippen molar-refractivity contribution in [1.82, 2.24) is 9.97 Å². The Kier molecular flexibility index (Phi) is 4.50. The average molecular weight is 234 g/mol. The van der Waals surface area contributed by atoms with Crippen LogP contribution in [0.3, 0.4) is 0 Å². The normalized spacial score (nSPS) is 10.5. The highest BCUT2D eigenvalue weighted by Crippen LogP contribution is 2.19. The molecule has 0 spiro atoms. The summed E-state index contributed by atoms with van der Waals surface area (Å²) in [6.07, 6.45) is 1.36. The topological polar surface area (TPSA) is 116 Å². The van der Waals surface area contributed by atoms with Crippen LogP contribution in [0.1, 0.15) is 0 Å². The van der Waals surface area contributed by atoms with Crippen molar-refractivity contribution in [3.8, 4) is 0 Å². The lowest BCUT2D eigenvalue weighted by atomic mass is 10.3. The van der Waals surface area contributed by atoms with Gasteiger partial charge in [-0.15, -0.1) is 0 Å². The van der Waals surface area contributed by atoms with Crippen molar-refractivity contribution in [1.29, 1.82) is 0 Å². The van der Waals surface area contributed by atoms with E-state index in [9.17, 15) is 0 Å². The van der Waals surface area contributed by atoms with Gasteiger partial charge in [0, 0.05) is 0 Å². The maximum Gasteiger partial charge on any atom is 0.239 e. The third-order valence-corrected chi connectivity index (χ3v) is 1.93. The Labute approximate surface area is 91.3 Å². The Bertz CT molecular complexity index is 320. The molecule has 0 saturated carbocycles. The maximum atomic E-state index is 8.86. The van der Waals surface area contributed by atoms with Crippen LogP contribution >= 0.6 is 11.6 Å². The summed E-state index contributed by atoms with van der Waals surface area (Å²) in [6, 6.07) is -0.525. The number of aliphatic hydroxyl groups excluding tert-OH is 2. The molecule has 0 saturated heterocycles. The summed E-state index contributed by atoms with van der Waals surface area (Å²) in [7, 11) is 0. The second kappa shape index (κ2) is 5.66. The number of hydrogen-bond acceptors (Lipinski definition) is 7. The fourth-order valence-electron chi connectivity index (χ4n) is 0.880. The van der Waals surface area contributed by atoms with E-state index in [2.05, 4.69) is 20.7 Å². The number of nitrogens with zero attached hydrogens (tertiary/aromatic N) is 2. The van der Waals surface area contributed by atoms with Crippen molar-refractivity contribution in [3.63, 3.8) is 0 Å². The monoisotopic (exact) mass is 233 g/mol. The lowest BCUT2D eigenvalue weighted by Gasteiger charge is -2.15. The van der Waals surface area contributed by atoms with E-state index in [0.717, 1.165) is 0 Å². The van der Waals surface area contributed by atoms with Crippen LogP contribution < -0.4 is 16.6 Å². The van der Waals surface area contributed by atoms with Gasteiger partial charge in [-0.2, -0.15) is 4.98 Å². The van der Waals surface area contributed by atoms with Crippen molar-refractivity contribution >= 4 is 23.4 Å². The second-order valence-electron chi connectivity index (χ2n) is 2.74. The van der Waals surface area contributed by atoms with Crippen LogP contribution in [-0.4, -0.2) is 39.4 Å². The van der Waals surface area contributed by atoms with Crippen LogP contribution in [0.15, 0.2) is 6.20 Å². The van der Waals surface area contributed by atoms with Gasteiger partial charge in [0.05, 0.1) is 25.5 Å². The van der Waals surface area contributed by atoms with Crippen molar-refractivity contribution in [3.05, 3.63) is 11.2 Å². The van der Waals surface area contributed by atoms with Gasteiger partial charge in [-0.3, -0.25) is 5.43 Å². The van der Waals surface area contributed by atoms with Crippen molar-refractivity contribution in [2.24, 2.45) is 5.84 Å². The first kappa shape index (κ1) is 11.9.